The molecule has 0 heterocycles. The lowest BCUT2D eigenvalue weighted by atomic mass is 10.0. The number of unbranched alkanes of at least 4 members (excludes halogenated alkanes) is 6. The van der Waals surface area contributed by atoms with Crippen LogP contribution in [-0.2, 0) is 14.3 Å². The van der Waals surface area contributed by atoms with E-state index in [0.29, 0.717) is 17.7 Å². The minimum Gasteiger partial charge on any atom is -0.462 e. The van der Waals surface area contributed by atoms with Gasteiger partial charge in [0.25, 0.3) is 0 Å². The molecule has 1 aromatic rings. The molecule has 0 amide bonds. The van der Waals surface area contributed by atoms with Crippen molar-refractivity contribution in [2.45, 2.75) is 58.8 Å². The van der Waals surface area contributed by atoms with Crippen LogP contribution in [-0.4, -0.2) is 18.4 Å². The Morgan fingerprint density at radius 3 is 2.36 bits per heavy atom. The third-order valence-electron chi connectivity index (χ3n) is 3.96. The first-order valence-electron chi connectivity index (χ1n) is 8.99. The van der Waals surface area contributed by atoms with Crippen molar-refractivity contribution in [3.63, 3.8) is 0 Å². The zero-order valence-corrected chi connectivity index (χ0v) is 15.2. The summed E-state index contributed by atoms with van der Waals surface area (Å²) in [7, 11) is 0. The van der Waals surface area contributed by atoms with E-state index in [1.165, 1.54) is 38.7 Å². The molecule has 1 rings (SSSR count). The highest BCUT2D eigenvalue weighted by Crippen LogP contribution is 2.14. The van der Waals surface area contributed by atoms with Crippen LogP contribution in [0.5, 0.6) is 0 Å². The summed E-state index contributed by atoms with van der Waals surface area (Å²) in [5.74, 6) is -0.983. The number of carbonyl (C=O) groups excluding carboxylic acids is 2. The van der Waals surface area contributed by atoms with Gasteiger partial charge in [0.05, 0.1) is 18.2 Å². The van der Waals surface area contributed by atoms with Gasteiger partial charge in [-0.3, -0.25) is 4.79 Å². The van der Waals surface area contributed by atoms with Gasteiger partial charge in [-0.25, -0.2) is 4.79 Å². The summed E-state index contributed by atoms with van der Waals surface area (Å²) in [4.78, 5) is 23.9. The zero-order valence-electron chi connectivity index (χ0n) is 15.2. The van der Waals surface area contributed by atoms with E-state index >= 15 is 0 Å². The van der Waals surface area contributed by atoms with Gasteiger partial charge in [0.1, 0.15) is 5.57 Å². The van der Waals surface area contributed by atoms with Gasteiger partial charge in [-0.15, -0.1) is 0 Å². The van der Waals surface area contributed by atoms with E-state index in [9.17, 15) is 9.59 Å². The number of hydrogen-bond acceptors (Lipinski definition) is 4. The number of ketones is 1. The second-order valence-corrected chi connectivity index (χ2v) is 6.07. The fourth-order valence-corrected chi connectivity index (χ4v) is 2.49. The predicted molar refractivity (Wildman–Crippen MR) is 98.8 cm³/mol. The molecule has 0 aliphatic carbocycles. The minimum absolute atomic E-state index is 0.0226. The van der Waals surface area contributed by atoms with Crippen LogP contribution in [0.3, 0.4) is 0 Å². The molecule has 0 saturated heterocycles. The van der Waals surface area contributed by atoms with Crippen LogP contribution >= 0.6 is 0 Å². The molecule has 25 heavy (non-hydrogen) atoms. The third kappa shape index (κ3) is 7.80. The Labute approximate surface area is 150 Å². The van der Waals surface area contributed by atoms with Crippen molar-refractivity contribution in [2.75, 3.05) is 6.61 Å². The average Bonchev–Trinajstić information content (AvgIpc) is 2.61. The number of benzene rings is 1. The van der Waals surface area contributed by atoms with Crippen molar-refractivity contribution in [1.29, 1.82) is 5.26 Å². The number of carbonyl (C=O) groups is 2. The number of hydrogen-bond donors (Lipinski definition) is 0. The molecule has 0 unspecified atom stereocenters. The molecule has 0 atom stereocenters. The highest BCUT2D eigenvalue weighted by Gasteiger charge is 2.16. The first-order valence-corrected chi connectivity index (χ1v) is 8.99. The Bertz CT molecular complexity index is 641. The molecule has 4 nitrogen and oxygen atoms in total. The first kappa shape index (κ1) is 20.6. The summed E-state index contributed by atoms with van der Waals surface area (Å²) in [5, 5.41) is 9.11. The van der Waals surface area contributed by atoms with Gasteiger partial charge < -0.3 is 4.74 Å². The van der Waals surface area contributed by atoms with Crippen LogP contribution < -0.4 is 0 Å². The molecule has 134 valence electrons. The lowest BCUT2D eigenvalue weighted by molar-refractivity contribution is -0.140. The molecule has 0 spiro atoms. The molecule has 0 aromatic heterocycles. The van der Waals surface area contributed by atoms with Gasteiger partial charge in [0, 0.05) is 0 Å². The van der Waals surface area contributed by atoms with Crippen LogP contribution in [0.15, 0.2) is 29.8 Å². The minimum atomic E-state index is -0.619. The monoisotopic (exact) mass is 341 g/mol. The molecule has 0 N–H and O–H groups in total. The maximum atomic E-state index is 12.2. The van der Waals surface area contributed by atoms with Crippen LogP contribution in [0.1, 0.15) is 69.9 Å². The zero-order chi connectivity index (χ0) is 18.5. The summed E-state index contributed by atoms with van der Waals surface area (Å²) in [5.41, 5.74) is 0.940. The molecule has 0 saturated carbocycles. The van der Waals surface area contributed by atoms with Crippen LogP contribution in [0.25, 0.3) is 6.08 Å². The van der Waals surface area contributed by atoms with Crippen LogP contribution in [0, 0.1) is 11.3 Å². The lowest BCUT2D eigenvalue weighted by Gasteiger charge is -2.07. The van der Waals surface area contributed by atoms with Gasteiger partial charge in [-0.1, -0.05) is 63.6 Å². The van der Waals surface area contributed by atoms with Crippen LogP contribution in [0.2, 0.25) is 0 Å². The van der Waals surface area contributed by atoms with Gasteiger partial charge in [0.2, 0.25) is 0 Å². The maximum Gasteiger partial charge on any atom is 0.341 e. The normalized spacial score (nSPS) is 11.0. The van der Waals surface area contributed by atoms with E-state index < -0.39 is 5.97 Å². The smallest absolute Gasteiger partial charge is 0.341 e. The number of ether oxygens (including phenoxy) is 1. The number of nitrogens with zero attached hydrogens (tertiary/aromatic N) is 1. The van der Waals surface area contributed by atoms with Crippen molar-refractivity contribution in [1.82, 2.24) is 0 Å². The average molecular weight is 341 g/mol. The van der Waals surface area contributed by atoms with E-state index in [1.54, 1.807) is 24.3 Å². The van der Waals surface area contributed by atoms with Crippen molar-refractivity contribution < 1.29 is 14.3 Å². The van der Waals surface area contributed by atoms with E-state index in [-0.39, 0.29) is 11.4 Å². The number of esters is 1. The van der Waals surface area contributed by atoms with Gasteiger partial charge in [0.15, 0.2) is 5.78 Å². The Morgan fingerprint density at radius 2 is 1.72 bits per heavy atom. The Kier molecular flexibility index (Phi) is 9.92. The standard InChI is InChI=1S/C21H27NO3/c1-3-4-5-6-7-8-11-14-25-21(24)20(17(2)23)15-18-12-9-10-13-19(18)16-22/h9-10,12-13,15H,3-8,11,14H2,1-2H3. The Morgan fingerprint density at radius 1 is 1.08 bits per heavy atom. The molecule has 1 aromatic carbocycles. The molecular weight excluding hydrogens is 314 g/mol. The highest BCUT2D eigenvalue weighted by molar-refractivity contribution is 6.19. The summed E-state index contributed by atoms with van der Waals surface area (Å²) >= 11 is 0. The van der Waals surface area contributed by atoms with E-state index in [0.717, 1.165) is 19.3 Å². The van der Waals surface area contributed by atoms with Gasteiger partial charge >= 0.3 is 5.97 Å². The van der Waals surface area contributed by atoms with Gasteiger partial charge in [-0.2, -0.15) is 5.26 Å². The van der Waals surface area contributed by atoms with Crippen molar-refractivity contribution in [3.05, 3.63) is 41.0 Å². The molecule has 4 heteroatoms. The summed E-state index contributed by atoms with van der Waals surface area (Å²) in [6.07, 6.45) is 9.37. The molecule has 0 bridgehead atoms. The Balaban J connectivity index is 2.54. The largest absolute Gasteiger partial charge is 0.462 e. The van der Waals surface area contributed by atoms with Gasteiger partial charge in [-0.05, 0) is 31.1 Å². The van der Waals surface area contributed by atoms with E-state index in [1.807, 2.05) is 0 Å². The first-order chi connectivity index (χ1) is 12.1. The lowest BCUT2D eigenvalue weighted by Crippen LogP contribution is -2.14. The summed E-state index contributed by atoms with van der Waals surface area (Å²) in [6, 6.07) is 8.89. The SMILES string of the molecule is CCCCCCCCCOC(=O)C(=Cc1ccccc1C#N)C(C)=O. The molecule has 0 aliphatic heterocycles. The summed E-state index contributed by atoms with van der Waals surface area (Å²) < 4.78 is 5.23. The van der Waals surface area contributed by atoms with Crippen molar-refractivity contribution >= 4 is 17.8 Å². The highest BCUT2D eigenvalue weighted by atomic mass is 16.5. The topological polar surface area (TPSA) is 67.2 Å². The molecule has 0 aliphatic rings. The summed E-state index contributed by atoms with van der Waals surface area (Å²) in [6.45, 7) is 3.83. The number of Topliss-reactive ketones (excluding diaryl/α,β-unsaturated/α-hetero) is 1. The molecule has 0 fully saturated rings. The molecular formula is C21H27NO3. The fourth-order valence-electron chi connectivity index (χ4n) is 2.49. The quantitative estimate of drug-likeness (QED) is 0.190. The van der Waals surface area contributed by atoms with Crippen LogP contribution in [0.4, 0.5) is 0 Å². The third-order valence-corrected chi connectivity index (χ3v) is 3.96. The van der Waals surface area contributed by atoms with E-state index in [2.05, 4.69) is 13.0 Å². The predicted octanol–water partition coefficient (Wildman–Crippen LogP) is 4.82. The second kappa shape index (κ2) is 12.0. The Hall–Kier alpha value is -2.41. The molecule has 0 radical (unpaired) electrons. The fraction of sp³-hybridized carbons (Fsp3) is 0.476. The maximum absolute atomic E-state index is 12.2. The number of rotatable bonds is 11. The van der Waals surface area contributed by atoms with E-state index in [4.69, 9.17) is 10.00 Å². The van der Waals surface area contributed by atoms with Crippen molar-refractivity contribution in [3.8, 4) is 6.07 Å². The van der Waals surface area contributed by atoms with Crippen molar-refractivity contribution in [2.24, 2.45) is 0 Å². The number of nitriles is 1. The second-order valence-electron chi connectivity index (χ2n) is 6.07.